The number of carbonyl (C=O) groups is 2. The molecular weight excluding hydrogens is 418 g/mol. The normalized spacial score (nSPS) is 18.2. The van der Waals surface area contributed by atoms with Crippen LogP contribution in [0.3, 0.4) is 0 Å². The molecule has 0 bridgehead atoms. The molecule has 9 heteroatoms. The summed E-state index contributed by atoms with van der Waals surface area (Å²) in [7, 11) is 1.63. The van der Waals surface area contributed by atoms with Crippen molar-refractivity contribution in [3.8, 4) is 0 Å². The van der Waals surface area contributed by atoms with Crippen LogP contribution in [0.15, 0.2) is 53.1 Å². The minimum absolute atomic E-state index is 0.00270. The predicted molar refractivity (Wildman–Crippen MR) is 116 cm³/mol. The lowest BCUT2D eigenvalue weighted by molar-refractivity contribution is -0.127. The van der Waals surface area contributed by atoms with E-state index in [9.17, 15) is 23.5 Å². The Balaban J connectivity index is 1.98. The highest BCUT2D eigenvalue weighted by Gasteiger charge is 2.43. The molecule has 1 aromatic rings. The van der Waals surface area contributed by atoms with Gasteiger partial charge in [0, 0.05) is 43.5 Å². The van der Waals surface area contributed by atoms with Crippen molar-refractivity contribution in [1.82, 2.24) is 20.4 Å². The molecule has 0 saturated carbocycles. The highest BCUT2D eigenvalue weighted by atomic mass is 19.2. The second-order valence-electron chi connectivity index (χ2n) is 7.70. The number of likely N-dealkylation sites (N-methyl/N-ethyl adjacent to an activating group) is 2. The van der Waals surface area contributed by atoms with Crippen LogP contribution in [0.5, 0.6) is 0 Å². The van der Waals surface area contributed by atoms with Crippen LogP contribution in [0.25, 0.3) is 0 Å². The highest BCUT2D eigenvalue weighted by molar-refractivity contribution is 6.03. The van der Waals surface area contributed by atoms with Crippen LogP contribution >= 0.6 is 0 Å². The van der Waals surface area contributed by atoms with Crippen LogP contribution in [-0.2, 0) is 16.1 Å². The molecule has 3 rings (SSSR count). The minimum Gasteiger partial charge on any atom is -0.505 e. The van der Waals surface area contributed by atoms with Gasteiger partial charge in [-0.15, -0.1) is 0 Å². The summed E-state index contributed by atoms with van der Waals surface area (Å²) < 4.78 is 27.5. The number of hydrogen-bond acceptors (Lipinski definition) is 5. The van der Waals surface area contributed by atoms with Crippen molar-refractivity contribution in [2.24, 2.45) is 0 Å². The van der Waals surface area contributed by atoms with Gasteiger partial charge >= 0.3 is 0 Å². The Hall–Kier alpha value is -3.20. The molecule has 1 atom stereocenters. The molecule has 2 aliphatic rings. The van der Waals surface area contributed by atoms with Crippen LogP contribution < -0.4 is 10.6 Å². The van der Waals surface area contributed by atoms with Gasteiger partial charge in [0.2, 0.25) is 0 Å². The molecule has 1 fully saturated rings. The van der Waals surface area contributed by atoms with Crippen molar-refractivity contribution in [3.63, 3.8) is 0 Å². The van der Waals surface area contributed by atoms with Gasteiger partial charge in [0.25, 0.3) is 11.8 Å². The zero-order valence-corrected chi connectivity index (χ0v) is 18.5. The maximum Gasteiger partial charge on any atom is 0.274 e. The SMILES string of the molecule is C=C1C(O)=C(C(=O)N(C)CC)N2CC[C@H](NCC)C2=C1C(=O)NCc1cccc(F)c1F. The Morgan fingerprint density at radius 3 is 2.69 bits per heavy atom. The highest BCUT2D eigenvalue weighted by Crippen LogP contribution is 2.39. The Kier molecular flexibility index (Phi) is 6.98. The van der Waals surface area contributed by atoms with Gasteiger partial charge in [-0.1, -0.05) is 25.6 Å². The maximum atomic E-state index is 14.0. The van der Waals surface area contributed by atoms with E-state index >= 15 is 0 Å². The summed E-state index contributed by atoms with van der Waals surface area (Å²) >= 11 is 0. The summed E-state index contributed by atoms with van der Waals surface area (Å²) in [6, 6.07) is 3.51. The molecule has 32 heavy (non-hydrogen) atoms. The van der Waals surface area contributed by atoms with Gasteiger partial charge in [-0.2, -0.15) is 0 Å². The lowest BCUT2D eigenvalue weighted by Gasteiger charge is -2.34. The van der Waals surface area contributed by atoms with E-state index in [1.165, 1.54) is 17.0 Å². The third kappa shape index (κ3) is 4.12. The molecule has 7 nitrogen and oxygen atoms in total. The number of allylic oxidation sites excluding steroid dienone is 1. The van der Waals surface area contributed by atoms with E-state index in [4.69, 9.17) is 0 Å². The van der Waals surface area contributed by atoms with Gasteiger partial charge in [0.1, 0.15) is 5.70 Å². The number of benzene rings is 1. The summed E-state index contributed by atoms with van der Waals surface area (Å²) in [6.07, 6.45) is 0.617. The van der Waals surface area contributed by atoms with Crippen molar-refractivity contribution in [3.05, 3.63) is 70.3 Å². The second kappa shape index (κ2) is 9.52. The van der Waals surface area contributed by atoms with Crippen LogP contribution in [0.4, 0.5) is 8.78 Å². The first-order valence-electron chi connectivity index (χ1n) is 10.6. The molecule has 172 valence electrons. The third-order valence-electron chi connectivity index (χ3n) is 5.77. The van der Waals surface area contributed by atoms with E-state index in [0.717, 1.165) is 6.07 Å². The molecule has 2 aliphatic heterocycles. The lowest BCUT2D eigenvalue weighted by Crippen LogP contribution is -2.42. The summed E-state index contributed by atoms with van der Waals surface area (Å²) in [5.74, 6) is -3.36. The monoisotopic (exact) mass is 446 g/mol. The third-order valence-corrected chi connectivity index (χ3v) is 5.77. The van der Waals surface area contributed by atoms with Crippen LogP contribution in [0, 0.1) is 11.6 Å². The van der Waals surface area contributed by atoms with E-state index in [1.54, 1.807) is 11.9 Å². The summed E-state index contributed by atoms with van der Waals surface area (Å²) in [6.45, 7) is 8.88. The Bertz CT molecular complexity index is 1020. The molecule has 0 radical (unpaired) electrons. The number of fused-ring (bicyclic) bond motifs is 1. The van der Waals surface area contributed by atoms with Crippen LogP contribution in [-0.4, -0.2) is 59.4 Å². The van der Waals surface area contributed by atoms with Crippen molar-refractivity contribution in [1.29, 1.82) is 0 Å². The standard InChI is InChI=1S/C23H28F2N4O3/c1-5-26-16-10-11-29-19(16)17(13(3)21(30)20(29)23(32)28(4)6-2)22(31)27-12-14-8-7-9-15(24)18(14)25/h7-9,16,26,30H,3,5-6,10-12H2,1-2,4H3,(H,27,31)/t16-/m0/s1. The first-order valence-corrected chi connectivity index (χ1v) is 10.6. The maximum absolute atomic E-state index is 14.0. The molecule has 1 saturated heterocycles. The number of carbonyl (C=O) groups excluding carboxylic acids is 2. The average molecular weight is 446 g/mol. The van der Waals surface area contributed by atoms with Crippen molar-refractivity contribution in [2.45, 2.75) is 32.9 Å². The topological polar surface area (TPSA) is 84.9 Å². The molecule has 1 aromatic carbocycles. The van der Waals surface area contributed by atoms with Gasteiger partial charge in [0.15, 0.2) is 17.4 Å². The van der Waals surface area contributed by atoms with Crippen molar-refractivity contribution >= 4 is 11.8 Å². The van der Waals surface area contributed by atoms with Crippen molar-refractivity contribution < 1.29 is 23.5 Å². The van der Waals surface area contributed by atoms with E-state index in [-0.39, 0.29) is 46.7 Å². The number of halogens is 2. The van der Waals surface area contributed by atoms with Gasteiger partial charge < -0.3 is 25.5 Å². The predicted octanol–water partition coefficient (Wildman–Crippen LogP) is 2.34. The fourth-order valence-corrected chi connectivity index (χ4v) is 3.98. The largest absolute Gasteiger partial charge is 0.505 e. The molecule has 3 N–H and O–H groups in total. The quantitative estimate of drug-likeness (QED) is 0.599. The number of nitrogens with zero attached hydrogens (tertiary/aromatic N) is 2. The fraction of sp³-hybridized carbons (Fsp3) is 0.391. The molecule has 0 aliphatic carbocycles. The number of amides is 2. The van der Waals surface area contributed by atoms with Gasteiger partial charge in [-0.05, 0) is 26.0 Å². The molecular formula is C23H28F2N4O3. The molecule has 0 unspecified atom stereocenters. The molecule has 0 aromatic heterocycles. The second-order valence-corrected chi connectivity index (χ2v) is 7.70. The van der Waals surface area contributed by atoms with E-state index in [1.807, 2.05) is 13.8 Å². The van der Waals surface area contributed by atoms with Gasteiger partial charge in [0.05, 0.1) is 11.6 Å². The number of nitrogens with one attached hydrogen (secondary N) is 2. The summed E-state index contributed by atoms with van der Waals surface area (Å²) in [5, 5.41) is 16.7. The average Bonchev–Trinajstić information content (AvgIpc) is 3.17. The Morgan fingerprint density at radius 2 is 2.03 bits per heavy atom. The smallest absolute Gasteiger partial charge is 0.274 e. The van der Waals surface area contributed by atoms with Crippen LogP contribution in [0.2, 0.25) is 0 Å². The molecule has 2 heterocycles. The van der Waals surface area contributed by atoms with Gasteiger partial charge in [-0.3, -0.25) is 9.59 Å². The van der Waals surface area contributed by atoms with E-state index < -0.39 is 17.5 Å². The fourth-order valence-electron chi connectivity index (χ4n) is 3.98. The number of hydrogen-bond donors (Lipinski definition) is 3. The first-order chi connectivity index (χ1) is 15.2. The summed E-state index contributed by atoms with van der Waals surface area (Å²) in [4.78, 5) is 29.2. The summed E-state index contributed by atoms with van der Waals surface area (Å²) in [5.41, 5.74) is 0.767. The number of aliphatic hydroxyl groups excluding tert-OH is 1. The van der Waals surface area contributed by atoms with Gasteiger partial charge in [-0.25, -0.2) is 8.78 Å². The Morgan fingerprint density at radius 1 is 1.31 bits per heavy atom. The van der Waals surface area contributed by atoms with Crippen molar-refractivity contribution in [2.75, 3.05) is 26.7 Å². The molecule has 2 amide bonds. The number of rotatable bonds is 7. The first kappa shape index (κ1) is 23.5. The zero-order chi connectivity index (χ0) is 23.6. The lowest BCUT2D eigenvalue weighted by atomic mass is 9.94. The Labute approximate surface area is 186 Å². The number of aliphatic hydroxyl groups is 1. The molecule has 0 spiro atoms. The minimum atomic E-state index is -1.03. The zero-order valence-electron chi connectivity index (χ0n) is 18.5. The van der Waals surface area contributed by atoms with Crippen LogP contribution in [0.1, 0.15) is 25.8 Å². The van der Waals surface area contributed by atoms with E-state index in [0.29, 0.717) is 31.8 Å². The van der Waals surface area contributed by atoms with E-state index in [2.05, 4.69) is 17.2 Å².